The first-order valence-electron chi connectivity index (χ1n) is 2.58. The van der Waals surface area contributed by atoms with Gasteiger partial charge in [0.05, 0.1) is 19.5 Å². The van der Waals surface area contributed by atoms with Crippen molar-refractivity contribution >= 4 is 0 Å². The predicted octanol–water partition coefficient (Wildman–Crippen LogP) is 1.37. The van der Waals surface area contributed by atoms with Crippen LogP contribution in [-0.4, -0.2) is 12.1 Å². The Labute approximate surface area is 56.5 Å². The van der Waals surface area contributed by atoms with Crippen LogP contribution in [-0.2, 0) is 0 Å². The second kappa shape index (κ2) is 2.60. The second-order valence-electron chi connectivity index (χ2n) is 1.64. The number of nitrogens with zero attached hydrogens (tertiary/aromatic N) is 1. The Morgan fingerprint density at radius 1 is 1.30 bits per heavy atom. The van der Waals surface area contributed by atoms with E-state index >= 15 is 0 Å². The van der Waals surface area contributed by atoms with E-state index in [1.165, 1.54) is 7.11 Å². The number of hydrogen-bond donors (Lipinski definition) is 0. The molecule has 54 valence electrons. The van der Waals surface area contributed by atoms with Crippen LogP contribution in [0.4, 0.5) is 8.78 Å². The quantitative estimate of drug-likeness (QED) is 0.595. The normalized spacial score (nSPS) is 9.50. The zero-order chi connectivity index (χ0) is 7.56. The average molecular weight is 145 g/mol. The van der Waals surface area contributed by atoms with E-state index in [-0.39, 0.29) is 0 Å². The van der Waals surface area contributed by atoms with Gasteiger partial charge in [-0.15, -0.1) is 0 Å². The van der Waals surface area contributed by atoms with Gasteiger partial charge in [0.25, 0.3) is 0 Å². The average Bonchev–Trinajstić information content (AvgIpc) is 1.88. The molecular weight excluding hydrogens is 140 g/mol. The van der Waals surface area contributed by atoms with Gasteiger partial charge in [-0.05, 0) is 0 Å². The van der Waals surface area contributed by atoms with E-state index in [2.05, 4.69) is 9.72 Å². The summed E-state index contributed by atoms with van der Waals surface area (Å²) in [6.45, 7) is 0. The molecule has 0 aromatic carbocycles. The SMILES string of the molecule is COc1c(F)cncc1F. The largest absolute Gasteiger partial charge is 0.491 e. The van der Waals surface area contributed by atoms with Crippen LogP contribution in [0.15, 0.2) is 12.4 Å². The van der Waals surface area contributed by atoms with Crippen LogP contribution in [0.3, 0.4) is 0 Å². The summed E-state index contributed by atoms with van der Waals surface area (Å²) in [5.74, 6) is -1.97. The fourth-order valence-corrected chi connectivity index (χ4v) is 0.594. The van der Waals surface area contributed by atoms with E-state index < -0.39 is 17.4 Å². The third-order valence-corrected chi connectivity index (χ3v) is 1.01. The minimum atomic E-state index is -0.789. The highest BCUT2D eigenvalue weighted by atomic mass is 19.1. The highest BCUT2D eigenvalue weighted by Crippen LogP contribution is 2.17. The summed E-state index contributed by atoms with van der Waals surface area (Å²) < 4.78 is 29.2. The van der Waals surface area contributed by atoms with Crippen LogP contribution in [0.1, 0.15) is 0 Å². The molecule has 0 saturated heterocycles. The minimum Gasteiger partial charge on any atom is -0.491 e. The molecule has 0 saturated carbocycles. The van der Waals surface area contributed by atoms with Gasteiger partial charge < -0.3 is 4.74 Å². The van der Waals surface area contributed by atoms with E-state index in [4.69, 9.17) is 0 Å². The Hall–Kier alpha value is -1.19. The topological polar surface area (TPSA) is 22.1 Å². The fourth-order valence-electron chi connectivity index (χ4n) is 0.594. The maximum atomic E-state index is 12.4. The van der Waals surface area contributed by atoms with Crippen molar-refractivity contribution in [3.63, 3.8) is 0 Å². The molecule has 2 nitrogen and oxygen atoms in total. The first kappa shape index (κ1) is 6.92. The lowest BCUT2D eigenvalue weighted by Crippen LogP contribution is -1.92. The lowest BCUT2D eigenvalue weighted by Gasteiger charge is -1.99. The monoisotopic (exact) mass is 145 g/mol. The number of aromatic nitrogens is 1. The van der Waals surface area contributed by atoms with Crippen molar-refractivity contribution in [2.45, 2.75) is 0 Å². The fraction of sp³-hybridized carbons (Fsp3) is 0.167. The summed E-state index contributed by atoms with van der Waals surface area (Å²) in [5.41, 5.74) is 0. The molecule has 4 heteroatoms. The molecule has 0 N–H and O–H groups in total. The van der Waals surface area contributed by atoms with Crippen LogP contribution in [0, 0.1) is 11.6 Å². The van der Waals surface area contributed by atoms with Crippen LogP contribution in [0.5, 0.6) is 5.75 Å². The first-order chi connectivity index (χ1) is 4.75. The predicted molar refractivity (Wildman–Crippen MR) is 30.7 cm³/mol. The number of ether oxygens (including phenoxy) is 1. The van der Waals surface area contributed by atoms with E-state index in [1.54, 1.807) is 0 Å². The lowest BCUT2D eigenvalue weighted by atomic mass is 10.4. The van der Waals surface area contributed by atoms with E-state index in [1.807, 2.05) is 0 Å². The van der Waals surface area contributed by atoms with Crippen LogP contribution in [0.25, 0.3) is 0 Å². The highest BCUT2D eigenvalue weighted by molar-refractivity contribution is 5.21. The maximum Gasteiger partial charge on any atom is 0.193 e. The summed E-state index contributed by atoms with van der Waals surface area (Å²) in [5, 5.41) is 0. The Morgan fingerprint density at radius 3 is 2.10 bits per heavy atom. The third kappa shape index (κ3) is 1.05. The molecule has 0 aliphatic carbocycles. The molecule has 0 bridgehead atoms. The summed E-state index contributed by atoms with van der Waals surface area (Å²) >= 11 is 0. The molecule has 1 aromatic heterocycles. The number of methoxy groups -OCH3 is 1. The molecule has 0 atom stereocenters. The number of hydrogen-bond acceptors (Lipinski definition) is 2. The second-order valence-corrected chi connectivity index (χ2v) is 1.64. The number of pyridine rings is 1. The smallest absolute Gasteiger partial charge is 0.193 e. The van der Waals surface area contributed by atoms with Crippen molar-refractivity contribution in [3.05, 3.63) is 24.0 Å². The van der Waals surface area contributed by atoms with E-state index in [9.17, 15) is 8.78 Å². The van der Waals surface area contributed by atoms with Crippen molar-refractivity contribution in [2.24, 2.45) is 0 Å². The van der Waals surface area contributed by atoms with Crippen LogP contribution >= 0.6 is 0 Å². The maximum absolute atomic E-state index is 12.4. The van der Waals surface area contributed by atoms with Gasteiger partial charge >= 0.3 is 0 Å². The van der Waals surface area contributed by atoms with E-state index in [0.717, 1.165) is 12.4 Å². The van der Waals surface area contributed by atoms with Gasteiger partial charge in [-0.3, -0.25) is 4.98 Å². The number of halogens is 2. The van der Waals surface area contributed by atoms with Gasteiger partial charge in [-0.1, -0.05) is 0 Å². The van der Waals surface area contributed by atoms with Gasteiger partial charge in [0.15, 0.2) is 17.4 Å². The van der Waals surface area contributed by atoms with Gasteiger partial charge in [0.2, 0.25) is 0 Å². The standard InChI is InChI=1S/C6H5F2NO/c1-10-6-4(7)2-9-3-5(6)8/h2-3H,1H3. The lowest BCUT2D eigenvalue weighted by molar-refractivity contribution is 0.357. The molecule has 0 unspecified atom stereocenters. The Morgan fingerprint density at radius 2 is 1.80 bits per heavy atom. The molecule has 0 aliphatic rings. The van der Waals surface area contributed by atoms with Gasteiger partial charge in [-0.25, -0.2) is 8.78 Å². The Balaban J connectivity index is 3.17. The van der Waals surface area contributed by atoms with Crippen molar-refractivity contribution in [1.82, 2.24) is 4.98 Å². The van der Waals surface area contributed by atoms with Crippen molar-refractivity contribution in [3.8, 4) is 5.75 Å². The molecule has 1 aromatic rings. The zero-order valence-corrected chi connectivity index (χ0v) is 5.27. The van der Waals surface area contributed by atoms with Crippen molar-refractivity contribution in [1.29, 1.82) is 0 Å². The molecule has 1 rings (SSSR count). The molecular formula is C6H5F2NO. The van der Waals surface area contributed by atoms with Crippen molar-refractivity contribution < 1.29 is 13.5 Å². The summed E-state index contributed by atoms with van der Waals surface area (Å²) in [4.78, 5) is 3.26. The zero-order valence-electron chi connectivity index (χ0n) is 5.27. The Kier molecular flexibility index (Phi) is 1.80. The molecule has 0 radical (unpaired) electrons. The molecule has 10 heavy (non-hydrogen) atoms. The number of rotatable bonds is 1. The van der Waals surface area contributed by atoms with Crippen LogP contribution in [0.2, 0.25) is 0 Å². The van der Waals surface area contributed by atoms with Crippen molar-refractivity contribution in [2.75, 3.05) is 7.11 Å². The first-order valence-corrected chi connectivity index (χ1v) is 2.58. The molecule has 1 heterocycles. The van der Waals surface area contributed by atoms with Gasteiger partial charge in [0, 0.05) is 0 Å². The highest BCUT2D eigenvalue weighted by Gasteiger charge is 2.07. The Bertz CT molecular complexity index is 219. The van der Waals surface area contributed by atoms with Crippen LogP contribution < -0.4 is 4.74 Å². The van der Waals surface area contributed by atoms with E-state index in [0.29, 0.717) is 0 Å². The minimum absolute atomic E-state index is 0.394. The summed E-state index contributed by atoms with van der Waals surface area (Å²) in [6, 6.07) is 0. The van der Waals surface area contributed by atoms with Gasteiger partial charge in [0.1, 0.15) is 0 Å². The molecule has 0 aliphatic heterocycles. The third-order valence-electron chi connectivity index (χ3n) is 1.01. The molecule has 0 fully saturated rings. The molecule has 0 spiro atoms. The summed E-state index contributed by atoms with van der Waals surface area (Å²) in [6.07, 6.45) is 1.78. The van der Waals surface area contributed by atoms with Gasteiger partial charge in [-0.2, -0.15) is 0 Å². The summed E-state index contributed by atoms with van der Waals surface area (Å²) in [7, 11) is 1.20. The molecule has 0 amide bonds.